The normalized spacial score (nSPS) is 34.9. The van der Waals surface area contributed by atoms with Crippen LogP contribution in [0.25, 0.3) is 0 Å². The maximum atomic E-state index is 13.2. The van der Waals surface area contributed by atoms with Gasteiger partial charge in [0.1, 0.15) is 0 Å². The molecule has 0 saturated carbocycles. The van der Waals surface area contributed by atoms with E-state index in [1.54, 1.807) is 0 Å². The van der Waals surface area contributed by atoms with Crippen LogP contribution < -0.4 is 0 Å². The number of allylic oxidation sites excluding steroid dienone is 4. The van der Waals surface area contributed by atoms with Crippen molar-refractivity contribution in [3.8, 4) is 0 Å². The lowest BCUT2D eigenvalue weighted by Crippen LogP contribution is -2.38. The zero-order chi connectivity index (χ0) is 10.2. The van der Waals surface area contributed by atoms with Crippen LogP contribution >= 0.6 is 15.9 Å². The number of hydrogen-bond donors (Lipinski definition) is 0. The molecular formula is C7H4BrF5. The monoisotopic (exact) mass is 262 g/mol. The van der Waals surface area contributed by atoms with Crippen molar-refractivity contribution in [2.45, 2.75) is 11.8 Å². The van der Waals surface area contributed by atoms with Crippen LogP contribution in [0.15, 0.2) is 23.6 Å². The van der Waals surface area contributed by atoms with Gasteiger partial charge in [-0.05, 0) is 6.08 Å². The van der Waals surface area contributed by atoms with Crippen molar-refractivity contribution in [3.05, 3.63) is 23.6 Å². The molecule has 0 spiro atoms. The van der Waals surface area contributed by atoms with Gasteiger partial charge in [-0.1, -0.05) is 15.9 Å². The molecule has 0 amide bonds. The highest BCUT2D eigenvalue weighted by Crippen LogP contribution is 2.39. The summed E-state index contributed by atoms with van der Waals surface area (Å²) in [6, 6.07) is 0. The van der Waals surface area contributed by atoms with E-state index in [2.05, 4.69) is 15.9 Å². The summed E-state index contributed by atoms with van der Waals surface area (Å²) in [6.07, 6.45) is -2.71. The molecule has 0 radical (unpaired) electrons. The number of alkyl halides is 3. The Kier molecular flexibility index (Phi) is 2.79. The van der Waals surface area contributed by atoms with E-state index in [0.29, 0.717) is 0 Å². The fourth-order valence-corrected chi connectivity index (χ4v) is 1.34. The Balaban J connectivity index is 3.14. The van der Waals surface area contributed by atoms with Crippen LogP contribution in [0.2, 0.25) is 0 Å². The Morgan fingerprint density at radius 3 is 2.38 bits per heavy atom. The minimum absolute atomic E-state index is 0.0881. The molecule has 0 aliphatic heterocycles. The minimum atomic E-state index is -2.86. The first kappa shape index (κ1) is 10.7. The lowest BCUT2D eigenvalue weighted by Gasteiger charge is -2.25. The van der Waals surface area contributed by atoms with Gasteiger partial charge < -0.3 is 0 Å². The molecule has 74 valence electrons. The second kappa shape index (κ2) is 3.40. The highest BCUT2D eigenvalue weighted by Gasteiger charge is 2.46. The van der Waals surface area contributed by atoms with Crippen molar-refractivity contribution in [1.29, 1.82) is 0 Å². The quantitative estimate of drug-likeness (QED) is 0.502. The summed E-state index contributed by atoms with van der Waals surface area (Å²) in [5.41, 5.74) is -2.86. The van der Waals surface area contributed by atoms with Crippen LogP contribution in [-0.4, -0.2) is 17.2 Å². The summed E-state index contributed by atoms with van der Waals surface area (Å²) in [5, 5.41) is -0.644. The molecule has 1 rings (SSSR count). The maximum Gasteiger partial charge on any atom is 0.193 e. The third-order valence-electron chi connectivity index (χ3n) is 1.63. The van der Waals surface area contributed by atoms with Crippen molar-refractivity contribution in [3.63, 3.8) is 0 Å². The average Bonchev–Trinajstić information content (AvgIpc) is 2.12. The van der Waals surface area contributed by atoms with Crippen LogP contribution in [0.4, 0.5) is 22.0 Å². The van der Waals surface area contributed by atoms with Gasteiger partial charge in [0.15, 0.2) is 29.3 Å². The molecule has 0 aromatic rings. The van der Waals surface area contributed by atoms with Crippen molar-refractivity contribution in [1.82, 2.24) is 0 Å². The Labute approximate surface area is 79.2 Å². The van der Waals surface area contributed by atoms with Gasteiger partial charge in [-0.2, -0.15) is 0 Å². The van der Waals surface area contributed by atoms with Gasteiger partial charge in [0.2, 0.25) is 0 Å². The Morgan fingerprint density at radius 2 is 1.92 bits per heavy atom. The van der Waals surface area contributed by atoms with Crippen LogP contribution in [0.1, 0.15) is 0 Å². The van der Waals surface area contributed by atoms with Crippen LogP contribution in [0, 0.1) is 0 Å². The second-order valence-corrected chi connectivity index (χ2v) is 3.14. The Hall–Kier alpha value is -0.390. The summed E-state index contributed by atoms with van der Waals surface area (Å²) in [6.45, 7) is 0. The molecule has 13 heavy (non-hydrogen) atoms. The lowest BCUT2D eigenvalue weighted by atomic mass is 9.95. The van der Waals surface area contributed by atoms with E-state index >= 15 is 0 Å². The molecule has 0 N–H and O–H groups in total. The predicted octanol–water partition coefficient (Wildman–Crippen LogP) is 3.45. The van der Waals surface area contributed by atoms with E-state index in [9.17, 15) is 22.0 Å². The standard InChI is InChI=1S/C7H4BrF5/c8-2-7(13)1-3(9)4(10)5(11)6(7)12/h1,6H,2H2. The van der Waals surface area contributed by atoms with Gasteiger partial charge in [0.25, 0.3) is 0 Å². The summed E-state index contributed by atoms with van der Waals surface area (Å²) in [5.74, 6) is -5.72. The van der Waals surface area contributed by atoms with E-state index in [-0.39, 0.29) is 6.08 Å². The number of hydrogen-bond acceptors (Lipinski definition) is 0. The molecule has 1 aliphatic rings. The first-order valence-corrected chi connectivity index (χ1v) is 4.37. The molecule has 2 unspecified atom stereocenters. The molecule has 2 atom stereocenters. The van der Waals surface area contributed by atoms with E-state index in [0.717, 1.165) is 0 Å². The van der Waals surface area contributed by atoms with Crippen LogP contribution in [0.5, 0.6) is 0 Å². The molecule has 0 heterocycles. The highest BCUT2D eigenvalue weighted by molar-refractivity contribution is 9.09. The van der Waals surface area contributed by atoms with Crippen molar-refractivity contribution < 1.29 is 22.0 Å². The summed E-state index contributed by atoms with van der Waals surface area (Å²) in [7, 11) is 0. The molecule has 1 aliphatic carbocycles. The van der Waals surface area contributed by atoms with Gasteiger partial charge in [0.05, 0.1) is 0 Å². The maximum absolute atomic E-state index is 13.2. The first-order valence-electron chi connectivity index (χ1n) is 3.25. The SMILES string of the molecule is FC1=CC(F)(CBr)C(F)C(F)=C1F. The van der Waals surface area contributed by atoms with Gasteiger partial charge in [-0.25, -0.2) is 22.0 Å². The Bertz CT molecular complexity index is 285. The molecule has 0 aromatic carbocycles. The zero-order valence-corrected chi connectivity index (χ0v) is 7.72. The largest absolute Gasteiger partial charge is 0.236 e. The third-order valence-corrected chi connectivity index (χ3v) is 2.49. The predicted molar refractivity (Wildman–Crippen MR) is 41.0 cm³/mol. The van der Waals surface area contributed by atoms with Crippen LogP contribution in [0.3, 0.4) is 0 Å². The zero-order valence-electron chi connectivity index (χ0n) is 6.13. The third kappa shape index (κ3) is 1.63. The second-order valence-electron chi connectivity index (χ2n) is 2.58. The Morgan fingerprint density at radius 1 is 1.38 bits per heavy atom. The molecule has 6 heteroatoms. The van der Waals surface area contributed by atoms with E-state index < -0.39 is 34.7 Å². The molecule has 0 saturated heterocycles. The van der Waals surface area contributed by atoms with Gasteiger partial charge in [-0.3, -0.25) is 0 Å². The average molecular weight is 263 g/mol. The fourth-order valence-electron chi connectivity index (χ4n) is 0.890. The number of halogens is 6. The van der Waals surface area contributed by atoms with Gasteiger partial charge in [0, 0.05) is 5.33 Å². The van der Waals surface area contributed by atoms with E-state index in [4.69, 9.17) is 0 Å². The minimum Gasteiger partial charge on any atom is -0.236 e. The van der Waals surface area contributed by atoms with Gasteiger partial charge >= 0.3 is 0 Å². The van der Waals surface area contributed by atoms with Gasteiger partial charge in [-0.15, -0.1) is 0 Å². The lowest BCUT2D eigenvalue weighted by molar-refractivity contribution is 0.114. The highest BCUT2D eigenvalue weighted by atomic mass is 79.9. The first-order chi connectivity index (χ1) is 5.92. The topological polar surface area (TPSA) is 0 Å². The number of rotatable bonds is 1. The molecule has 0 nitrogen and oxygen atoms in total. The van der Waals surface area contributed by atoms with Crippen molar-refractivity contribution in [2.24, 2.45) is 0 Å². The summed E-state index contributed by atoms with van der Waals surface area (Å²) < 4.78 is 63.2. The van der Waals surface area contributed by atoms with Crippen molar-refractivity contribution >= 4 is 15.9 Å². The smallest absolute Gasteiger partial charge is 0.193 e. The summed E-state index contributed by atoms with van der Waals surface area (Å²) in [4.78, 5) is 0. The van der Waals surface area contributed by atoms with Crippen molar-refractivity contribution in [2.75, 3.05) is 5.33 Å². The fraction of sp³-hybridized carbons (Fsp3) is 0.429. The van der Waals surface area contributed by atoms with Crippen LogP contribution in [-0.2, 0) is 0 Å². The molecular weight excluding hydrogens is 259 g/mol. The summed E-state index contributed by atoms with van der Waals surface area (Å²) >= 11 is 2.54. The molecule has 0 aromatic heterocycles. The van der Waals surface area contributed by atoms with E-state index in [1.165, 1.54) is 0 Å². The van der Waals surface area contributed by atoms with E-state index in [1.807, 2.05) is 0 Å². The molecule has 0 bridgehead atoms. The molecule has 0 fully saturated rings.